The van der Waals surface area contributed by atoms with Gasteiger partial charge in [-0.05, 0) is 38.5 Å². The number of halogens is 3. The zero-order chi connectivity index (χ0) is 18.1. The number of rotatable bonds is 15. The molecule has 0 aromatic heterocycles. The first kappa shape index (κ1) is 22.9. The second-order valence-corrected chi connectivity index (χ2v) is 6.26. The molecule has 0 aromatic rings. The number of alkyl halides is 3. The summed E-state index contributed by atoms with van der Waals surface area (Å²) in [5.41, 5.74) is 0. The third-order valence-electron chi connectivity index (χ3n) is 3.92. The highest BCUT2D eigenvalue weighted by atomic mass is 19.4. The molecule has 0 spiro atoms. The highest BCUT2D eigenvalue weighted by molar-refractivity contribution is 5.83. The Morgan fingerprint density at radius 3 is 1.79 bits per heavy atom. The molecule has 0 bridgehead atoms. The molecule has 140 valence electrons. The Bertz CT molecular complexity index is 356. The fraction of sp³-hybridized carbons (Fsp3) is 0.750. The topological polar surface area (TPSA) is 17.1 Å². The van der Waals surface area contributed by atoms with Crippen LogP contribution in [0, 0.1) is 0 Å². The Balaban J connectivity index is 3.30. The Morgan fingerprint density at radius 1 is 0.750 bits per heavy atom. The summed E-state index contributed by atoms with van der Waals surface area (Å²) in [6, 6.07) is 0. The molecule has 0 rings (SSSR count). The minimum atomic E-state index is -4.66. The van der Waals surface area contributed by atoms with Crippen molar-refractivity contribution in [2.75, 3.05) is 0 Å². The number of carbonyl (C=O) groups excluding carboxylic acids is 1. The summed E-state index contributed by atoms with van der Waals surface area (Å²) in [5.74, 6) is -1.59. The Morgan fingerprint density at radius 2 is 1.25 bits per heavy atom. The van der Waals surface area contributed by atoms with Gasteiger partial charge in [0.25, 0.3) is 0 Å². The fourth-order valence-electron chi connectivity index (χ4n) is 2.42. The van der Waals surface area contributed by atoms with E-state index in [1.165, 1.54) is 25.7 Å². The summed E-state index contributed by atoms with van der Waals surface area (Å²) in [5, 5.41) is 0. The van der Waals surface area contributed by atoms with E-state index < -0.39 is 12.0 Å². The molecular weight excluding hydrogens is 313 g/mol. The van der Waals surface area contributed by atoms with Gasteiger partial charge in [0.2, 0.25) is 5.78 Å². The van der Waals surface area contributed by atoms with Crippen LogP contribution in [0.5, 0.6) is 0 Å². The first-order chi connectivity index (χ1) is 11.5. The van der Waals surface area contributed by atoms with Gasteiger partial charge in [-0.3, -0.25) is 4.79 Å². The number of hydrogen-bond donors (Lipinski definition) is 0. The zero-order valence-electron chi connectivity index (χ0n) is 15.0. The van der Waals surface area contributed by atoms with Crippen LogP contribution in [0.1, 0.15) is 90.4 Å². The predicted octanol–water partition coefficient (Wildman–Crippen LogP) is 7.32. The van der Waals surface area contributed by atoms with Gasteiger partial charge in [-0.1, -0.05) is 69.8 Å². The second-order valence-electron chi connectivity index (χ2n) is 6.26. The molecule has 0 amide bonds. The molecule has 0 heterocycles. The molecule has 0 aliphatic rings. The minimum Gasteiger partial charge on any atom is -0.290 e. The molecule has 0 aliphatic heterocycles. The second kappa shape index (κ2) is 15.5. The van der Waals surface area contributed by atoms with Gasteiger partial charge >= 0.3 is 6.18 Å². The van der Waals surface area contributed by atoms with Crippen LogP contribution in [0.25, 0.3) is 0 Å². The maximum atomic E-state index is 12.0. The van der Waals surface area contributed by atoms with Crippen LogP contribution in [0.3, 0.4) is 0 Å². The van der Waals surface area contributed by atoms with Crippen molar-refractivity contribution < 1.29 is 18.0 Å². The third kappa shape index (κ3) is 15.8. The first-order valence-corrected chi connectivity index (χ1v) is 9.38. The van der Waals surface area contributed by atoms with Gasteiger partial charge in [0.1, 0.15) is 0 Å². The van der Waals surface area contributed by atoms with Crippen molar-refractivity contribution >= 4 is 5.78 Å². The van der Waals surface area contributed by atoms with E-state index in [1.54, 1.807) is 0 Å². The lowest BCUT2D eigenvalue weighted by Gasteiger charge is -2.04. The van der Waals surface area contributed by atoms with Gasteiger partial charge in [0.15, 0.2) is 0 Å². The first-order valence-electron chi connectivity index (χ1n) is 9.38. The summed E-state index contributed by atoms with van der Waals surface area (Å²) in [6.07, 6.45) is 16.2. The van der Waals surface area contributed by atoms with Crippen LogP contribution >= 0.6 is 0 Å². The van der Waals surface area contributed by atoms with Crippen molar-refractivity contribution in [2.24, 2.45) is 0 Å². The number of carbonyl (C=O) groups is 1. The maximum Gasteiger partial charge on any atom is 0.449 e. The van der Waals surface area contributed by atoms with E-state index in [4.69, 9.17) is 0 Å². The zero-order valence-corrected chi connectivity index (χ0v) is 15.0. The van der Waals surface area contributed by atoms with Gasteiger partial charge in [0.05, 0.1) is 0 Å². The van der Waals surface area contributed by atoms with Crippen LogP contribution in [0.2, 0.25) is 0 Å². The minimum absolute atomic E-state index is 0.350. The van der Waals surface area contributed by atoms with Crippen LogP contribution in [-0.4, -0.2) is 12.0 Å². The quantitative estimate of drug-likeness (QED) is 0.224. The SMILES string of the molecule is CCCCC/C=C\C/C=C\CCCCCCCCC(=O)C(F)(F)F. The fourth-order valence-corrected chi connectivity index (χ4v) is 2.42. The number of allylic oxidation sites excluding steroid dienone is 4. The molecule has 0 fully saturated rings. The Kier molecular flexibility index (Phi) is 14.8. The Labute approximate surface area is 145 Å². The molecule has 0 aromatic carbocycles. The predicted molar refractivity (Wildman–Crippen MR) is 95.0 cm³/mol. The van der Waals surface area contributed by atoms with Crippen LogP contribution < -0.4 is 0 Å². The summed E-state index contributed by atoms with van der Waals surface area (Å²) in [7, 11) is 0. The number of hydrogen-bond acceptors (Lipinski definition) is 1. The molecule has 1 nitrogen and oxygen atoms in total. The molecule has 0 N–H and O–H groups in total. The number of Topliss-reactive ketones (excluding diaryl/α,β-unsaturated/α-hetero) is 1. The van der Waals surface area contributed by atoms with Crippen molar-refractivity contribution in [3.05, 3.63) is 24.3 Å². The third-order valence-corrected chi connectivity index (χ3v) is 3.92. The average molecular weight is 346 g/mol. The maximum absolute atomic E-state index is 12.0. The van der Waals surface area contributed by atoms with Gasteiger partial charge in [-0.2, -0.15) is 13.2 Å². The molecule has 0 atom stereocenters. The van der Waals surface area contributed by atoms with E-state index in [-0.39, 0.29) is 6.42 Å². The van der Waals surface area contributed by atoms with E-state index in [0.717, 1.165) is 38.5 Å². The van der Waals surface area contributed by atoms with Crippen molar-refractivity contribution in [3.8, 4) is 0 Å². The van der Waals surface area contributed by atoms with Crippen molar-refractivity contribution in [1.82, 2.24) is 0 Å². The van der Waals surface area contributed by atoms with Crippen LogP contribution in [0.15, 0.2) is 24.3 Å². The van der Waals surface area contributed by atoms with Crippen molar-refractivity contribution in [1.29, 1.82) is 0 Å². The van der Waals surface area contributed by atoms with E-state index in [0.29, 0.717) is 12.8 Å². The summed E-state index contributed by atoms with van der Waals surface area (Å²) in [4.78, 5) is 10.7. The average Bonchev–Trinajstić information content (AvgIpc) is 2.53. The summed E-state index contributed by atoms with van der Waals surface area (Å²) in [6.45, 7) is 2.21. The van der Waals surface area contributed by atoms with Gasteiger partial charge < -0.3 is 0 Å². The summed E-state index contributed by atoms with van der Waals surface area (Å²) >= 11 is 0. The lowest BCUT2D eigenvalue weighted by molar-refractivity contribution is -0.171. The van der Waals surface area contributed by atoms with Crippen LogP contribution in [-0.2, 0) is 4.79 Å². The highest BCUT2D eigenvalue weighted by Gasteiger charge is 2.36. The summed E-state index contributed by atoms with van der Waals surface area (Å²) < 4.78 is 36.0. The van der Waals surface area contributed by atoms with Gasteiger partial charge in [-0.15, -0.1) is 0 Å². The van der Waals surface area contributed by atoms with E-state index in [1.807, 2.05) is 0 Å². The largest absolute Gasteiger partial charge is 0.449 e. The van der Waals surface area contributed by atoms with Gasteiger partial charge in [-0.25, -0.2) is 0 Å². The number of unbranched alkanes of at least 4 members (excludes halogenated alkanes) is 9. The number of ketones is 1. The van der Waals surface area contributed by atoms with Crippen molar-refractivity contribution in [3.63, 3.8) is 0 Å². The van der Waals surface area contributed by atoms with E-state index >= 15 is 0 Å². The molecule has 0 radical (unpaired) electrons. The van der Waals surface area contributed by atoms with E-state index in [9.17, 15) is 18.0 Å². The molecule has 0 saturated heterocycles. The normalized spacial score (nSPS) is 12.5. The lowest BCUT2D eigenvalue weighted by Crippen LogP contribution is -2.22. The van der Waals surface area contributed by atoms with Crippen LogP contribution in [0.4, 0.5) is 13.2 Å². The van der Waals surface area contributed by atoms with E-state index in [2.05, 4.69) is 31.2 Å². The monoisotopic (exact) mass is 346 g/mol. The van der Waals surface area contributed by atoms with Crippen molar-refractivity contribution in [2.45, 2.75) is 96.6 Å². The Hall–Kier alpha value is -1.06. The molecule has 0 unspecified atom stereocenters. The lowest BCUT2D eigenvalue weighted by atomic mass is 10.1. The standard InChI is InChI=1S/C20H33F3O/c1-2-3-4-5-6-7-8-9-10-11-12-13-14-15-16-17-18-19(24)20(21,22)23/h6-7,9-10H,2-5,8,11-18H2,1H3/b7-6-,10-9-. The molecular formula is C20H33F3O. The van der Waals surface area contributed by atoms with Gasteiger partial charge in [0, 0.05) is 6.42 Å². The smallest absolute Gasteiger partial charge is 0.290 e. The molecule has 0 aliphatic carbocycles. The highest BCUT2D eigenvalue weighted by Crippen LogP contribution is 2.20. The molecule has 24 heavy (non-hydrogen) atoms. The molecule has 0 saturated carbocycles. The molecule has 4 heteroatoms.